The zero-order valence-corrected chi connectivity index (χ0v) is 13.3. The molecule has 1 heterocycles. The molecule has 1 aromatic carbocycles. The minimum atomic E-state index is -2.99. The Morgan fingerprint density at radius 2 is 1.96 bits per heavy atom. The van der Waals surface area contributed by atoms with Crippen LogP contribution in [0.25, 0.3) is 0 Å². The number of halogens is 4. The normalized spacial score (nSPS) is 11.7. The SMILES string of the molecule is COc1cc(C=Nn2c(SC)nnc2C(F)F)ccc1OC(F)F. The number of ether oxygens (including phenoxy) is 2. The summed E-state index contributed by atoms with van der Waals surface area (Å²) in [6, 6.07) is 4.07. The summed E-state index contributed by atoms with van der Waals surface area (Å²) in [5, 5.41) is 11.1. The maximum Gasteiger partial charge on any atom is 0.387 e. The van der Waals surface area contributed by atoms with Gasteiger partial charge in [0, 0.05) is 0 Å². The van der Waals surface area contributed by atoms with E-state index in [1.807, 2.05) is 0 Å². The molecule has 0 radical (unpaired) electrons. The van der Waals surface area contributed by atoms with Gasteiger partial charge < -0.3 is 9.47 Å². The molecule has 0 spiro atoms. The van der Waals surface area contributed by atoms with Crippen LogP contribution in [-0.2, 0) is 0 Å². The van der Waals surface area contributed by atoms with Gasteiger partial charge in [-0.15, -0.1) is 10.2 Å². The molecule has 0 aliphatic heterocycles. The summed E-state index contributed by atoms with van der Waals surface area (Å²) in [5.74, 6) is -0.686. The fourth-order valence-corrected chi connectivity index (χ4v) is 2.17. The highest BCUT2D eigenvalue weighted by molar-refractivity contribution is 7.98. The third kappa shape index (κ3) is 4.16. The largest absolute Gasteiger partial charge is 0.493 e. The van der Waals surface area contributed by atoms with E-state index in [-0.39, 0.29) is 16.7 Å². The molecule has 1 aromatic heterocycles. The van der Waals surface area contributed by atoms with E-state index in [0.717, 1.165) is 16.4 Å². The van der Waals surface area contributed by atoms with E-state index in [1.54, 1.807) is 6.26 Å². The van der Waals surface area contributed by atoms with Crippen molar-refractivity contribution in [3.63, 3.8) is 0 Å². The van der Waals surface area contributed by atoms with Crippen molar-refractivity contribution in [1.29, 1.82) is 0 Å². The van der Waals surface area contributed by atoms with Crippen LogP contribution < -0.4 is 9.47 Å². The van der Waals surface area contributed by atoms with Crippen molar-refractivity contribution >= 4 is 18.0 Å². The number of methoxy groups -OCH3 is 1. The Hall–Kier alpha value is -2.30. The molecule has 0 amide bonds. The highest BCUT2D eigenvalue weighted by Gasteiger charge is 2.19. The van der Waals surface area contributed by atoms with Gasteiger partial charge in [0.15, 0.2) is 11.5 Å². The molecule has 0 fully saturated rings. The Balaban J connectivity index is 2.31. The maximum atomic E-state index is 12.9. The van der Waals surface area contributed by atoms with Crippen LogP contribution in [0.15, 0.2) is 28.5 Å². The average molecular weight is 364 g/mol. The van der Waals surface area contributed by atoms with E-state index in [4.69, 9.17) is 4.74 Å². The van der Waals surface area contributed by atoms with E-state index >= 15 is 0 Å². The summed E-state index contributed by atoms with van der Waals surface area (Å²) in [5.41, 5.74) is 0.425. The highest BCUT2D eigenvalue weighted by atomic mass is 32.2. The summed E-state index contributed by atoms with van der Waals surface area (Å²) in [6.07, 6.45) is 0.0564. The van der Waals surface area contributed by atoms with Gasteiger partial charge in [-0.05, 0) is 30.0 Å². The standard InChI is InChI=1S/C13H12F4N4O2S/c1-22-9-5-7(3-4-8(9)23-12(16)17)6-18-21-11(10(14)15)19-20-13(21)24-2/h3-6,10,12H,1-2H3. The third-order valence-electron chi connectivity index (χ3n) is 2.74. The van der Waals surface area contributed by atoms with Gasteiger partial charge in [-0.1, -0.05) is 11.8 Å². The van der Waals surface area contributed by atoms with Crippen LogP contribution in [0.2, 0.25) is 0 Å². The number of alkyl halides is 4. The third-order valence-corrected chi connectivity index (χ3v) is 3.36. The Labute approximate surface area is 138 Å². The molecular weight excluding hydrogens is 352 g/mol. The van der Waals surface area contributed by atoms with Crippen LogP contribution in [0.1, 0.15) is 17.8 Å². The average Bonchev–Trinajstić information content (AvgIpc) is 2.96. The molecule has 130 valence electrons. The molecule has 0 saturated heterocycles. The van der Waals surface area contributed by atoms with Crippen molar-refractivity contribution in [2.75, 3.05) is 13.4 Å². The van der Waals surface area contributed by atoms with Crippen molar-refractivity contribution in [3.05, 3.63) is 29.6 Å². The molecule has 0 aliphatic rings. The monoisotopic (exact) mass is 364 g/mol. The van der Waals surface area contributed by atoms with E-state index in [9.17, 15) is 17.6 Å². The van der Waals surface area contributed by atoms with E-state index in [1.165, 1.54) is 31.5 Å². The first-order valence-electron chi connectivity index (χ1n) is 6.41. The Bertz CT molecular complexity index is 724. The number of rotatable bonds is 7. The zero-order chi connectivity index (χ0) is 17.7. The van der Waals surface area contributed by atoms with Gasteiger partial charge in [0.1, 0.15) is 0 Å². The fourth-order valence-electron chi connectivity index (χ4n) is 1.73. The molecular formula is C13H12F4N4O2S. The molecule has 0 bridgehead atoms. The Kier molecular flexibility index (Phi) is 6.01. The topological polar surface area (TPSA) is 61.5 Å². The lowest BCUT2D eigenvalue weighted by atomic mass is 10.2. The summed E-state index contributed by atoms with van der Waals surface area (Å²) in [7, 11) is 1.29. The molecule has 11 heteroatoms. The van der Waals surface area contributed by atoms with E-state index in [0.29, 0.717) is 5.56 Å². The smallest absolute Gasteiger partial charge is 0.387 e. The lowest BCUT2D eigenvalue weighted by Crippen LogP contribution is -2.04. The van der Waals surface area contributed by atoms with Crippen molar-refractivity contribution < 1.29 is 27.0 Å². The van der Waals surface area contributed by atoms with Crippen molar-refractivity contribution in [2.24, 2.45) is 5.10 Å². The van der Waals surface area contributed by atoms with Crippen LogP contribution in [-0.4, -0.2) is 41.1 Å². The number of nitrogens with zero attached hydrogens (tertiary/aromatic N) is 4. The molecule has 0 N–H and O–H groups in total. The van der Waals surface area contributed by atoms with Crippen LogP contribution in [0.3, 0.4) is 0 Å². The van der Waals surface area contributed by atoms with Crippen molar-refractivity contribution in [2.45, 2.75) is 18.2 Å². The van der Waals surface area contributed by atoms with Gasteiger partial charge in [0.2, 0.25) is 11.0 Å². The number of aromatic nitrogens is 3. The van der Waals surface area contributed by atoms with Gasteiger partial charge in [-0.2, -0.15) is 18.6 Å². The quantitative estimate of drug-likeness (QED) is 0.428. The molecule has 0 unspecified atom stereocenters. The number of hydrogen-bond acceptors (Lipinski definition) is 6. The Morgan fingerprint density at radius 1 is 1.21 bits per heavy atom. The van der Waals surface area contributed by atoms with E-state index in [2.05, 4.69) is 20.0 Å². The van der Waals surface area contributed by atoms with Crippen LogP contribution in [0.5, 0.6) is 11.5 Å². The predicted molar refractivity (Wildman–Crippen MR) is 79.4 cm³/mol. The molecule has 0 saturated carbocycles. The van der Waals surface area contributed by atoms with Crippen LogP contribution >= 0.6 is 11.8 Å². The first-order valence-corrected chi connectivity index (χ1v) is 7.63. The second kappa shape index (κ2) is 7.99. The summed E-state index contributed by atoms with van der Waals surface area (Å²) < 4.78 is 60.5. The van der Waals surface area contributed by atoms with Crippen LogP contribution in [0, 0.1) is 0 Å². The van der Waals surface area contributed by atoms with Gasteiger partial charge in [0.05, 0.1) is 13.3 Å². The first kappa shape index (κ1) is 18.0. The summed E-state index contributed by atoms with van der Waals surface area (Å²) in [4.78, 5) is 0. The maximum absolute atomic E-state index is 12.9. The van der Waals surface area contributed by atoms with Gasteiger partial charge >= 0.3 is 6.61 Å². The first-order chi connectivity index (χ1) is 11.5. The molecule has 2 rings (SSSR count). The minimum Gasteiger partial charge on any atom is -0.493 e. The van der Waals surface area contributed by atoms with Crippen LogP contribution in [0.4, 0.5) is 17.6 Å². The van der Waals surface area contributed by atoms with E-state index < -0.39 is 18.9 Å². The van der Waals surface area contributed by atoms with Gasteiger partial charge in [-0.25, -0.2) is 8.78 Å². The molecule has 2 aromatic rings. The molecule has 0 aliphatic carbocycles. The Morgan fingerprint density at radius 3 is 2.54 bits per heavy atom. The minimum absolute atomic E-state index is 0.0576. The molecule has 0 atom stereocenters. The predicted octanol–water partition coefficient (Wildman–Crippen LogP) is 3.43. The number of benzene rings is 1. The van der Waals surface area contributed by atoms with Gasteiger partial charge in [0.25, 0.3) is 6.43 Å². The second-order valence-corrected chi connectivity index (χ2v) is 4.96. The van der Waals surface area contributed by atoms with Crippen molar-refractivity contribution in [3.8, 4) is 11.5 Å². The molecule has 6 nitrogen and oxygen atoms in total. The summed E-state index contributed by atoms with van der Waals surface area (Å²) in [6.45, 7) is -2.99. The zero-order valence-electron chi connectivity index (χ0n) is 12.5. The second-order valence-electron chi connectivity index (χ2n) is 4.19. The fraction of sp³-hybridized carbons (Fsp3) is 0.308. The highest BCUT2D eigenvalue weighted by Crippen LogP contribution is 2.29. The lowest BCUT2D eigenvalue weighted by molar-refractivity contribution is -0.0512. The van der Waals surface area contributed by atoms with Gasteiger partial charge in [-0.3, -0.25) is 0 Å². The summed E-state index contributed by atoms with van der Waals surface area (Å²) >= 11 is 1.10. The lowest BCUT2D eigenvalue weighted by Gasteiger charge is -2.10. The number of hydrogen-bond donors (Lipinski definition) is 0. The van der Waals surface area contributed by atoms with Crippen molar-refractivity contribution in [1.82, 2.24) is 14.9 Å². The molecule has 24 heavy (non-hydrogen) atoms. The number of thioether (sulfide) groups is 1.